The average Bonchev–Trinajstić information content (AvgIpc) is 2.49. The van der Waals surface area contributed by atoms with E-state index in [9.17, 15) is 5.11 Å². The summed E-state index contributed by atoms with van der Waals surface area (Å²) >= 11 is 0. The maximum atomic E-state index is 10.8. The molecule has 24 heavy (non-hydrogen) atoms. The number of benzene rings is 1. The monoisotopic (exact) mass is 328 g/mol. The zero-order valence-corrected chi connectivity index (χ0v) is 15.9. The van der Waals surface area contributed by atoms with Gasteiger partial charge in [0.25, 0.3) is 0 Å². The van der Waals surface area contributed by atoms with Crippen molar-refractivity contribution in [1.82, 2.24) is 0 Å². The fourth-order valence-electron chi connectivity index (χ4n) is 4.46. The Balaban J connectivity index is 2.03. The Morgan fingerprint density at radius 3 is 2.67 bits per heavy atom. The van der Waals surface area contributed by atoms with Crippen molar-refractivity contribution in [2.75, 3.05) is 0 Å². The molecule has 1 aromatic rings. The lowest BCUT2D eigenvalue weighted by Gasteiger charge is -2.54. The second-order valence-corrected chi connectivity index (χ2v) is 8.53. The Bertz CT molecular complexity index is 656. The maximum absolute atomic E-state index is 10.8. The molecule has 1 aliphatic carbocycles. The highest BCUT2D eigenvalue weighted by Crippen LogP contribution is 2.60. The smallest absolute Gasteiger partial charge is 0.127 e. The van der Waals surface area contributed by atoms with Gasteiger partial charge in [0.2, 0.25) is 0 Å². The highest BCUT2D eigenvalue weighted by Gasteiger charge is 2.54. The van der Waals surface area contributed by atoms with Crippen LogP contribution in [0.1, 0.15) is 83.8 Å². The first-order valence-corrected chi connectivity index (χ1v) is 9.49. The molecule has 1 aliphatic heterocycles. The Morgan fingerprint density at radius 1 is 1.21 bits per heavy atom. The van der Waals surface area contributed by atoms with Crippen molar-refractivity contribution in [3.63, 3.8) is 0 Å². The van der Waals surface area contributed by atoms with Gasteiger partial charge in [-0.2, -0.15) is 0 Å². The van der Waals surface area contributed by atoms with Crippen molar-refractivity contribution < 1.29 is 9.84 Å². The predicted molar refractivity (Wildman–Crippen MR) is 99.9 cm³/mol. The number of phenolic OH excluding ortho intramolecular Hbond substituents is 1. The van der Waals surface area contributed by atoms with Gasteiger partial charge in [0.1, 0.15) is 17.1 Å². The van der Waals surface area contributed by atoms with Crippen LogP contribution in [0.15, 0.2) is 23.8 Å². The van der Waals surface area contributed by atoms with Crippen LogP contribution in [0.2, 0.25) is 0 Å². The van der Waals surface area contributed by atoms with Gasteiger partial charge in [0, 0.05) is 16.9 Å². The molecule has 0 spiro atoms. The van der Waals surface area contributed by atoms with Gasteiger partial charge in [-0.15, -0.1) is 0 Å². The van der Waals surface area contributed by atoms with Gasteiger partial charge in [0.05, 0.1) is 0 Å². The van der Waals surface area contributed by atoms with Gasteiger partial charge in [0.15, 0.2) is 0 Å². The van der Waals surface area contributed by atoms with E-state index in [1.807, 2.05) is 6.07 Å². The summed E-state index contributed by atoms with van der Waals surface area (Å²) in [5.74, 6) is 1.66. The summed E-state index contributed by atoms with van der Waals surface area (Å²) in [5, 5.41) is 10.8. The van der Waals surface area contributed by atoms with Crippen LogP contribution in [0, 0.1) is 5.41 Å². The zero-order chi connectivity index (χ0) is 17.5. The van der Waals surface area contributed by atoms with Gasteiger partial charge in [-0.3, -0.25) is 0 Å². The molecule has 1 aromatic carbocycles. The van der Waals surface area contributed by atoms with Crippen LogP contribution >= 0.6 is 0 Å². The topological polar surface area (TPSA) is 29.5 Å². The van der Waals surface area contributed by atoms with Crippen molar-refractivity contribution in [2.45, 2.75) is 84.7 Å². The number of hydrogen-bond acceptors (Lipinski definition) is 2. The number of hydrogen-bond donors (Lipinski definition) is 1. The minimum Gasteiger partial charge on any atom is -0.508 e. The predicted octanol–water partition coefficient (Wildman–Crippen LogP) is 6.13. The van der Waals surface area contributed by atoms with E-state index >= 15 is 0 Å². The molecule has 2 aliphatic rings. The summed E-state index contributed by atoms with van der Waals surface area (Å²) < 4.78 is 6.47. The number of fused-ring (bicyclic) bond motifs is 3. The highest BCUT2D eigenvalue weighted by atomic mass is 16.5. The van der Waals surface area contributed by atoms with E-state index in [1.54, 1.807) is 0 Å². The van der Waals surface area contributed by atoms with E-state index in [-0.39, 0.29) is 11.0 Å². The lowest BCUT2D eigenvalue weighted by Crippen LogP contribution is -2.53. The first-order valence-electron chi connectivity index (χ1n) is 9.49. The molecule has 2 nitrogen and oxygen atoms in total. The molecular formula is C22H32O2. The number of phenols is 1. The summed E-state index contributed by atoms with van der Waals surface area (Å²) in [5.41, 5.74) is 3.43. The van der Waals surface area contributed by atoms with E-state index in [2.05, 4.69) is 46.8 Å². The molecule has 0 bridgehead atoms. The Morgan fingerprint density at radius 2 is 1.96 bits per heavy atom. The average molecular weight is 328 g/mol. The van der Waals surface area contributed by atoms with Crippen molar-refractivity contribution in [1.29, 1.82) is 0 Å². The van der Waals surface area contributed by atoms with E-state index in [0.717, 1.165) is 30.6 Å². The van der Waals surface area contributed by atoms with E-state index in [4.69, 9.17) is 4.74 Å². The fraction of sp³-hybridized carbons (Fsp3) is 0.636. The van der Waals surface area contributed by atoms with E-state index in [1.165, 1.54) is 30.4 Å². The number of aryl methyl sites for hydroxylation is 1. The molecule has 0 amide bonds. The first kappa shape index (κ1) is 17.4. The van der Waals surface area contributed by atoms with Crippen LogP contribution in [0.25, 0.3) is 0 Å². The van der Waals surface area contributed by atoms with Crippen molar-refractivity contribution in [2.24, 2.45) is 5.41 Å². The second kappa shape index (κ2) is 6.13. The molecule has 1 N–H and O–H groups in total. The molecule has 2 heteroatoms. The second-order valence-electron chi connectivity index (χ2n) is 8.53. The van der Waals surface area contributed by atoms with Gasteiger partial charge in [-0.25, -0.2) is 0 Å². The Labute approximate surface area is 146 Å². The van der Waals surface area contributed by atoms with Crippen molar-refractivity contribution >= 4 is 0 Å². The Kier molecular flexibility index (Phi) is 4.44. The molecule has 0 unspecified atom stereocenters. The third-order valence-electron chi connectivity index (χ3n) is 6.51. The Hall–Kier alpha value is -1.44. The van der Waals surface area contributed by atoms with Crippen LogP contribution in [-0.2, 0) is 6.42 Å². The summed E-state index contributed by atoms with van der Waals surface area (Å²) in [6, 6.07) is 4.16. The molecule has 0 fully saturated rings. The van der Waals surface area contributed by atoms with Crippen molar-refractivity contribution in [3.05, 3.63) is 34.9 Å². The number of unbranched alkanes of at least 4 members (excludes halogenated alkanes) is 2. The fourth-order valence-corrected chi connectivity index (χ4v) is 4.46. The number of aromatic hydroxyl groups is 1. The van der Waals surface area contributed by atoms with Crippen LogP contribution in [0.3, 0.4) is 0 Å². The SMILES string of the molecule is CCCCCc1cc(O)c2c(c1)OC(C)(C)[C@]1(C)CC=C(C)C[C@@H]21. The lowest BCUT2D eigenvalue weighted by molar-refractivity contribution is -0.0609. The van der Waals surface area contributed by atoms with Crippen LogP contribution in [0.4, 0.5) is 0 Å². The van der Waals surface area contributed by atoms with Gasteiger partial charge < -0.3 is 9.84 Å². The van der Waals surface area contributed by atoms with Crippen LogP contribution in [0.5, 0.6) is 11.5 Å². The third-order valence-corrected chi connectivity index (χ3v) is 6.51. The summed E-state index contributed by atoms with van der Waals surface area (Å²) in [6.45, 7) is 11.2. The molecular weight excluding hydrogens is 296 g/mol. The molecule has 1 heterocycles. The van der Waals surface area contributed by atoms with Crippen molar-refractivity contribution in [3.8, 4) is 11.5 Å². The van der Waals surface area contributed by atoms with Crippen LogP contribution in [-0.4, -0.2) is 10.7 Å². The molecule has 3 rings (SSSR count). The van der Waals surface area contributed by atoms with Gasteiger partial charge in [-0.1, -0.05) is 38.3 Å². The number of ether oxygens (including phenoxy) is 1. The van der Waals surface area contributed by atoms with Crippen LogP contribution < -0.4 is 4.74 Å². The molecule has 0 aromatic heterocycles. The normalized spacial score (nSPS) is 27.7. The molecule has 132 valence electrons. The minimum atomic E-state index is -0.240. The lowest BCUT2D eigenvalue weighted by atomic mass is 9.57. The number of rotatable bonds is 4. The summed E-state index contributed by atoms with van der Waals surface area (Å²) in [6.07, 6.45) is 9.00. The molecule has 2 atom stereocenters. The zero-order valence-electron chi connectivity index (χ0n) is 15.9. The third kappa shape index (κ3) is 2.74. The minimum absolute atomic E-state index is 0.0146. The molecule has 0 saturated heterocycles. The molecule has 0 radical (unpaired) electrons. The van der Waals surface area contributed by atoms with Gasteiger partial charge >= 0.3 is 0 Å². The van der Waals surface area contributed by atoms with E-state index in [0.29, 0.717) is 11.7 Å². The highest BCUT2D eigenvalue weighted by molar-refractivity contribution is 5.53. The molecule has 0 saturated carbocycles. The standard InChI is InChI=1S/C22H32O2/c1-6-7-8-9-16-13-18(23)20-17-12-15(2)10-11-22(17,5)21(3,4)24-19(20)14-16/h10,13-14,17,23H,6-9,11-12H2,1-5H3/t17-,22+/m0/s1. The largest absolute Gasteiger partial charge is 0.508 e. The van der Waals surface area contributed by atoms with E-state index < -0.39 is 0 Å². The quantitative estimate of drug-likeness (QED) is 0.532. The summed E-state index contributed by atoms with van der Waals surface area (Å²) in [7, 11) is 0. The number of allylic oxidation sites excluding steroid dienone is 2. The maximum Gasteiger partial charge on any atom is 0.127 e. The first-order chi connectivity index (χ1) is 11.3. The van der Waals surface area contributed by atoms with Gasteiger partial charge in [-0.05, 0) is 64.2 Å². The summed E-state index contributed by atoms with van der Waals surface area (Å²) in [4.78, 5) is 0.